The Labute approximate surface area is 120 Å². The number of thioether (sulfide) groups is 1. The molecule has 2 nitrogen and oxygen atoms in total. The Bertz CT molecular complexity index is 423. The van der Waals surface area contributed by atoms with Gasteiger partial charge in [0.2, 0.25) is 0 Å². The third kappa shape index (κ3) is 3.15. The minimum absolute atomic E-state index is 0.385. The van der Waals surface area contributed by atoms with Gasteiger partial charge in [0.25, 0.3) is 0 Å². The van der Waals surface area contributed by atoms with Gasteiger partial charge in [-0.3, -0.25) is 0 Å². The molecule has 0 aromatic heterocycles. The number of nitrogens with one attached hydrogen (secondary N) is 1. The SMILES string of the molecule is CSC1CCCC(NC2COCc3ccccc32)C1. The monoisotopic (exact) mass is 277 g/mol. The second-order valence-corrected chi connectivity index (χ2v) is 6.79. The zero-order valence-corrected chi connectivity index (χ0v) is 12.4. The smallest absolute Gasteiger partial charge is 0.0721 e. The molecule has 0 saturated heterocycles. The van der Waals surface area contributed by atoms with Crippen LogP contribution in [-0.4, -0.2) is 24.2 Å². The third-order valence-electron chi connectivity index (χ3n) is 4.37. The number of fused-ring (bicyclic) bond motifs is 1. The molecule has 1 aromatic carbocycles. The van der Waals surface area contributed by atoms with Crippen molar-refractivity contribution in [3.8, 4) is 0 Å². The van der Waals surface area contributed by atoms with Crippen LogP contribution >= 0.6 is 11.8 Å². The highest BCUT2D eigenvalue weighted by Crippen LogP contribution is 2.30. The number of rotatable bonds is 3. The fraction of sp³-hybridized carbons (Fsp3) is 0.625. The molecule has 3 rings (SSSR count). The minimum Gasteiger partial charge on any atom is -0.375 e. The van der Waals surface area contributed by atoms with E-state index in [0.29, 0.717) is 12.1 Å². The molecule has 0 amide bonds. The quantitative estimate of drug-likeness (QED) is 0.913. The second kappa shape index (κ2) is 6.29. The minimum atomic E-state index is 0.385. The van der Waals surface area contributed by atoms with E-state index in [1.807, 2.05) is 11.8 Å². The van der Waals surface area contributed by atoms with Crippen molar-refractivity contribution in [2.45, 2.75) is 49.6 Å². The molecular weight excluding hydrogens is 254 g/mol. The van der Waals surface area contributed by atoms with E-state index >= 15 is 0 Å². The van der Waals surface area contributed by atoms with Gasteiger partial charge in [-0.2, -0.15) is 11.8 Å². The average molecular weight is 277 g/mol. The van der Waals surface area contributed by atoms with Crippen LogP contribution in [0.15, 0.2) is 24.3 Å². The summed E-state index contributed by atoms with van der Waals surface area (Å²) in [5.41, 5.74) is 2.79. The number of hydrogen-bond donors (Lipinski definition) is 1. The Balaban J connectivity index is 1.67. The van der Waals surface area contributed by atoms with Crippen LogP contribution in [0.4, 0.5) is 0 Å². The van der Waals surface area contributed by atoms with Crippen LogP contribution in [0.2, 0.25) is 0 Å². The van der Waals surface area contributed by atoms with E-state index in [1.165, 1.54) is 36.8 Å². The fourth-order valence-electron chi connectivity index (χ4n) is 3.31. The maximum Gasteiger partial charge on any atom is 0.0721 e. The first kappa shape index (κ1) is 13.5. The number of benzene rings is 1. The van der Waals surface area contributed by atoms with Gasteiger partial charge in [-0.1, -0.05) is 30.7 Å². The van der Waals surface area contributed by atoms with E-state index in [4.69, 9.17) is 4.74 Å². The summed E-state index contributed by atoms with van der Waals surface area (Å²) in [6, 6.07) is 9.74. The van der Waals surface area contributed by atoms with Gasteiger partial charge in [-0.25, -0.2) is 0 Å². The molecule has 2 aliphatic rings. The molecule has 0 spiro atoms. The summed E-state index contributed by atoms with van der Waals surface area (Å²) in [6.45, 7) is 1.59. The van der Waals surface area contributed by atoms with Gasteiger partial charge in [0.15, 0.2) is 0 Å². The van der Waals surface area contributed by atoms with Gasteiger partial charge in [-0.05, 0) is 36.6 Å². The molecule has 0 bridgehead atoms. The molecule has 3 atom stereocenters. The normalized spacial score (nSPS) is 30.9. The zero-order chi connectivity index (χ0) is 13.1. The van der Waals surface area contributed by atoms with Crippen molar-refractivity contribution >= 4 is 11.8 Å². The largest absolute Gasteiger partial charge is 0.375 e. The maximum absolute atomic E-state index is 5.74. The van der Waals surface area contributed by atoms with E-state index in [2.05, 4.69) is 35.8 Å². The Morgan fingerprint density at radius 3 is 3.05 bits per heavy atom. The Hall–Kier alpha value is -0.510. The predicted octanol–water partition coefficient (Wildman–Crippen LogP) is 3.52. The summed E-state index contributed by atoms with van der Waals surface area (Å²) >= 11 is 2.03. The van der Waals surface area contributed by atoms with E-state index < -0.39 is 0 Å². The lowest BCUT2D eigenvalue weighted by Gasteiger charge is -2.34. The fourth-order valence-corrected chi connectivity index (χ4v) is 4.14. The molecule has 1 fully saturated rings. The average Bonchev–Trinajstić information content (AvgIpc) is 2.48. The predicted molar refractivity (Wildman–Crippen MR) is 81.5 cm³/mol. The van der Waals surface area contributed by atoms with E-state index in [-0.39, 0.29) is 0 Å². The molecule has 104 valence electrons. The van der Waals surface area contributed by atoms with Crippen LogP contribution in [0.3, 0.4) is 0 Å². The Morgan fingerprint density at radius 2 is 2.16 bits per heavy atom. The summed E-state index contributed by atoms with van der Waals surface area (Å²) in [7, 11) is 0. The highest BCUT2D eigenvalue weighted by Gasteiger charge is 2.26. The van der Waals surface area contributed by atoms with Crippen molar-refractivity contribution < 1.29 is 4.74 Å². The number of ether oxygens (including phenoxy) is 1. The summed E-state index contributed by atoms with van der Waals surface area (Å²) in [6.07, 6.45) is 7.61. The lowest BCUT2D eigenvalue weighted by Crippen LogP contribution is -2.40. The molecule has 1 heterocycles. The topological polar surface area (TPSA) is 21.3 Å². The zero-order valence-electron chi connectivity index (χ0n) is 11.6. The van der Waals surface area contributed by atoms with Crippen LogP contribution in [0.25, 0.3) is 0 Å². The molecule has 3 heteroatoms. The molecule has 1 N–H and O–H groups in total. The molecule has 1 aromatic rings. The van der Waals surface area contributed by atoms with E-state index in [1.54, 1.807) is 0 Å². The highest BCUT2D eigenvalue weighted by molar-refractivity contribution is 7.99. The van der Waals surface area contributed by atoms with Gasteiger partial charge in [0, 0.05) is 11.3 Å². The molecule has 3 unspecified atom stereocenters. The van der Waals surface area contributed by atoms with Gasteiger partial charge < -0.3 is 10.1 Å². The third-order valence-corrected chi connectivity index (χ3v) is 5.46. The van der Waals surface area contributed by atoms with Crippen LogP contribution in [0, 0.1) is 0 Å². The van der Waals surface area contributed by atoms with Crippen LogP contribution < -0.4 is 5.32 Å². The first-order valence-corrected chi connectivity index (χ1v) is 8.60. The summed E-state index contributed by atoms with van der Waals surface area (Å²) in [4.78, 5) is 0. The van der Waals surface area contributed by atoms with Crippen molar-refractivity contribution in [3.05, 3.63) is 35.4 Å². The molecule has 19 heavy (non-hydrogen) atoms. The maximum atomic E-state index is 5.74. The first-order chi connectivity index (χ1) is 9.36. The van der Waals surface area contributed by atoms with Crippen molar-refractivity contribution in [1.82, 2.24) is 5.32 Å². The Kier molecular flexibility index (Phi) is 4.46. The summed E-state index contributed by atoms with van der Waals surface area (Å²) in [5, 5.41) is 4.68. The summed E-state index contributed by atoms with van der Waals surface area (Å²) in [5.74, 6) is 0. The van der Waals surface area contributed by atoms with Crippen LogP contribution in [0.1, 0.15) is 42.9 Å². The van der Waals surface area contributed by atoms with Crippen LogP contribution in [0.5, 0.6) is 0 Å². The van der Waals surface area contributed by atoms with Gasteiger partial charge in [-0.15, -0.1) is 0 Å². The molecule has 1 aliphatic carbocycles. The highest BCUT2D eigenvalue weighted by atomic mass is 32.2. The summed E-state index contributed by atoms with van der Waals surface area (Å²) < 4.78 is 5.74. The van der Waals surface area contributed by atoms with Crippen LogP contribution in [-0.2, 0) is 11.3 Å². The number of hydrogen-bond acceptors (Lipinski definition) is 3. The van der Waals surface area contributed by atoms with Gasteiger partial charge in [0.05, 0.1) is 19.3 Å². The standard InChI is InChI=1S/C16H23NOS/c1-19-14-7-4-6-13(9-14)17-16-11-18-10-12-5-2-3-8-15(12)16/h2-3,5,8,13-14,16-17H,4,6-7,9-11H2,1H3. The molecule has 0 radical (unpaired) electrons. The van der Waals surface area contributed by atoms with Crippen molar-refractivity contribution in [1.29, 1.82) is 0 Å². The molecule has 1 saturated carbocycles. The lowest BCUT2D eigenvalue weighted by molar-refractivity contribution is 0.0765. The molecule has 1 aliphatic heterocycles. The van der Waals surface area contributed by atoms with Crippen molar-refractivity contribution in [2.75, 3.05) is 12.9 Å². The van der Waals surface area contributed by atoms with Crippen molar-refractivity contribution in [2.24, 2.45) is 0 Å². The van der Waals surface area contributed by atoms with E-state index in [0.717, 1.165) is 18.5 Å². The molecular formula is C16H23NOS. The second-order valence-electron chi connectivity index (χ2n) is 5.65. The Morgan fingerprint density at radius 1 is 1.26 bits per heavy atom. The van der Waals surface area contributed by atoms with Gasteiger partial charge in [0.1, 0.15) is 0 Å². The van der Waals surface area contributed by atoms with Gasteiger partial charge >= 0.3 is 0 Å². The first-order valence-electron chi connectivity index (χ1n) is 7.31. The lowest BCUT2D eigenvalue weighted by atomic mass is 9.92. The van der Waals surface area contributed by atoms with E-state index in [9.17, 15) is 0 Å². The van der Waals surface area contributed by atoms with Crippen molar-refractivity contribution in [3.63, 3.8) is 0 Å².